The van der Waals surface area contributed by atoms with Gasteiger partial charge in [0.25, 0.3) is 0 Å². The molecule has 0 aromatic heterocycles. The van der Waals surface area contributed by atoms with Crippen LogP contribution in [0.4, 0.5) is 4.39 Å². The first-order valence-corrected chi connectivity index (χ1v) is 6.81. The van der Waals surface area contributed by atoms with Crippen LogP contribution in [0.1, 0.15) is 18.9 Å². The van der Waals surface area contributed by atoms with Crippen LogP contribution in [0.5, 0.6) is 5.75 Å². The molecule has 0 heterocycles. The number of ether oxygens (including phenoxy) is 1. The molecule has 0 spiro atoms. The van der Waals surface area contributed by atoms with Crippen molar-refractivity contribution in [3.8, 4) is 5.75 Å². The second kappa shape index (κ2) is 8.12. The topological polar surface area (TPSA) is 38.5 Å². The van der Waals surface area contributed by atoms with Crippen LogP contribution >= 0.6 is 0 Å². The second-order valence-electron chi connectivity index (χ2n) is 4.98. The minimum atomic E-state index is -0.216. The van der Waals surface area contributed by atoms with Crippen LogP contribution in [0.2, 0.25) is 0 Å². The van der Waals surface area contributed by atoms with Crippen molar-refractivity contribution in [3.63, 3.8) is 0 Å². The minimum absolute atomic E-state index is 0.216. The molecule has 1 aromatic carbocycles. The molecule has 0 amide bonds. The van der Waals surface area contributed by atoms with Gasteiger partial charge in [0, 0.05) is 13.1 Å². The molecule has 0 aliphatic carbocycles. The molecule has 0 fully saturated rings. The van der Waals surface area contributed by atoms with Crippen LogP contribution in [0, 0.1) is 11.7 Å². The molecule has 1 rings (SSSR count). The highest BCUT2D eigenvalue weighted by Crippen LogP contribution is 2.20. The fraction of sp³-hybridized carbons (Fsp3) is 0.600. The normalized spacial score (nSPS) is 12.7. The molecule has 1 unspecified atom stereocenters. The van der Waals surface area contributed by atoms with Gasteiger partial charge in [-0.15, -0.1) is 0 Å². The summed E-state index contributed by atoms with van der Waals surface area (Å²) in [5.74, 6) is 1.06. The van der Waals surface area contributed by atoms with E-state index in [1.165, 1.54) is 6.07 Å². The van der Waals surface area contributed by atoms with E-state index in [1.54, 1.807) is 19.2 Å². The first-order valence-electron chi connectivity index (χ1n) is 6.81. The number of methoxy groups -OCH3 is 1. The predicted molar refractivity (Wildman–Crippen MR) is 77.0 cm³/mol. The summed E-state index contributed by atoms with van der Waals surface area (Å²) < 4.78 is 18.5. The summed E-state index contributed by atoms with van der Waals surface area (Å²) in [6.45, 7) is 4.71. The molecule has 108 valence electrons. The zero-order valence-corrected chi connectivity index (χ0v) is 12.2. The van der Waals surface area contributed by atoms with Crippen LogP contribution in [-0.2, 0) is 6.42 Å². The molecule has 0 radical (unpaired) electrons. The Hall–Kier alpha value is -1.13. The predicted octanol–water partition coefficient (Wildman–Crippen LogP) is 2.29. The van der Waals surface area contributed by atoms with Crippen molar-refractivity contribution in [2.75, 3.05) is 33.8 Å². The summed E-state index contributed by atoms with van der Waals surface area (Å²) in [7, 11) is 3.69. The number of likely N-dealkylation sites (N-methyl/N-ethyl adjacent to an activating group) is 1. The van der Waals surface area contributed by atoms with Crippen molar-refractivity contribution in [1.29, 1.82) is 0 Å². The fourth-order valence-corrected chi connectivity index (χ4v) is 2.16. The van der Waals surface area contributed by atoms with Gasteiger partial charge in [-0.25, -0.2) is 4.39 Å². The van der Waals surface area contributed by atoms with E-state index in [4.69, 9.17) is 10.5 Å². The van der Waals surface area contributed by atoms with Crippen molar-refractivity contribution in [2.45, 2.75) is 19.8 Å². The molecule has 4 heteroatoms. The van der Waals surface area contributed by atoms with Crippen molar-refractivity contribution < 1.29 is 9.13 Å². The second-order valence-corrected chi connectivity index (χ2v) is 4.98. The van der Waals surface area contributed by atoms with Crippen molar-refractivity contribution in [2.24, 2.45) is 11.7 Å². The van der Waals surface area contributed by atoms with Gasteiger partial charge in [0.05, 0.1) is 7.11 Å². The van der Waals surface area contributed by atoms with Crippen LogP contribution in [-0.4, -0.2) is 38.7 Å². The van der Waals surface area contributed by atoms with E-state index >= 15 is 0 Å². The van der Waals surface area contributed by atoms with Gasteiger partial charge in [-0.05, 0) is 49.7 Å². The molecule has 0 aliphatic heterocycles. The first-order chi connectivity index (χ1) is 9.10. The molecule has 1 atom stereocenters. The minimum Gasteiger partial charge on any atom is -0.496 e. The summed E-state index contributed by atoms with van der Waals surface area (Å²) in [6, 6.07) is 4.65. The Kier molecular flexibility index (Phi) is 6.81. The number of nitrogens with two attached hydrogens (primary N) is 1. The average molecular weight is 268 g/mol. The fourth-order valence-electron chi connectivity index (χ4n) is 2.16. The Bertz CT molecular complexity index is 380. The van der Waals surface area contributed by atoms with Crippen LogP contribution < -0.4 is 10.5 Å². The maximum Gasteiger partial charge on any atom is 0.123 e. The van der Waals surface area contributed by atoms with Gasteiger partial charge in [-0.1, -0.05) is 13.3 Å². The highest BCUT2D eigenvalue weighted by molar-refractivity contribution is 5.34. The molecule has 0 bridgehead atoms. The Balaban J connectivity index is 2.54. The van der Waals surface area contributed by atoms with E-state index in [-0.39, 0.29) is 5.82 Å². The van der Waals surface area contributed by atoms with E-state index in [0.717, 1.165) is 37.2 Å². The maximum absolute atomic E-state index is 13.2. The standard InChI is InChI=1S/C15H25FN2O/c1-4-12(10-17)11-18(2)8-7-13-9-14(16)5-6-15(13)19-3/h5-6,9,12H,4,7-8,10-11,17H2,1-3H3. The zero-order chi connectivity index (χ0) is 14.3. The third kappa shape index (κ3) is 5.17. The summed E-state index contributed by atoms with van der Waals surface area (Å²) in [5.41, 5.74) is 6.62. The molecule has 0 aliphatic rings. The van der Waals surface area contributed by atoms with Crippen molar-refractivity contribution >= 4 is 0 Å². The highest BCUT2D eigenvalue weighted by Gasteiger charge is 2.10. The van der Waals surface area contributed by atoms with Crippen LogP contribution in [0.25, 0.3) is 0 Å². The van der Waals surface area contributed by atoms with Crippen molar-refractivity contribution in [3.05, 3.63) is 29.6 Å². The monoisotopic (exact) mass is 268 g/mol. The SMILES string of the molecule is CCC(CN)CN(C)CCc1cc(F)ccc1OC. The van der Waals surface area contributed by atoms with Crippen molar-refractivity contribution in [1.82, 2.24) is 4.90 Å². The quantitative estimate of drug-likeness (QED) is 0.786. The molecule has 19 heavy (non-hydrogen) atoms. The number of nitrogens with zero attached hydrogens (tertiary/aromatic N) is 1. The van der Waals surface area contributed by atoms with E-state index in [1.807, 2.05) is 0 Å². The Morgan fingerprint density at radius 2 is 2.16 bits per heavy atom. The largest absolute Gasteiger partial charge is 0.496 e. The van der Waals surface area contributed by atoms with Gasteiger partial charge in [-0.2, -0.15) is 0 Å². The van der Waals surface area contributed by atoms with E-state index in [9.17, 15) is 4.39 Å². The number of benzene rings is 1. The van der Waals surface area contributed by atoms with Gasteiger partial charge in [0.1, 0.15) is 11.6 Å². The average Bonchev–Trinajstić information content (AvgIpc) is 2.42. The lowest BCUT2D eigenvalue weighted by Crippen LogP contribution is -2.31. The Morgan fingerprint density at radius 3 is 2.74 bits per heavy atom. The van der Waals surface area contributed by atoms with Gasteiger partial charge < -0.3 is 15.4 Å². The molecule has 2 N–H and O–H groups in total. The number of halogens is 1. The lowest BCUT2D eigenvalue weighted by Gasteiger charge is -2.22. The van der Waals surface area contributed by atoms with Gasteiger partial charge in [0.15, 0.2) is 0 Å². The van der Waals surface area contributed by atoms with Crippen LogP contribution in [0.3, 0.4) is 0 Å². The van der Waals surface area contributed by atoms with Crippen LogP contribution in [0.15, 0.2) is 18.2 Å². The zero-order valence-electron chi connectivity index (χ0n) is 12.2. The molecule has 0 saturated heterocycles. The van der Waals surface area contributed by atoms with Gasteiger partial charge in [0.2, 0.25) is 0 Å². The lowest BCUT2D eigenvalue weighted by atomic mass is 10.1. The number of rotatable bonds is 8. The smallest absolute Gasteiger partial charge is 0.123 e. The summed E-state index contributed by atoms with van der Waals surface area (Å²) >= 11 is 0. The maximum atomic E-state index is 13.2. The summed E-state index contributed by atoms with van der Waals surface area (Å²) in [4.78, 5) is 2.24. The van der Waals surface area contributed by atoms with E-state index in [2.05, 4.69) is 18.9 Å². The molecule has 3 nitrogen and oxygen atoms in total. The van der Waals surface area contributed by atoms with E-state index in [0.29, 0.717) is 12.5 Å². The Morgan fingerprint density at radius 1 is 1.42 bits per heavy atom. The number of hydrogen-bond donors (Lipinski definition) is 1. The van der Waals surface area contributed by atoms with Gasteiger partial charge >= 0.3 is 0 Å². The van der Waals surface area contributed by atoms with Gasteiger partial charge in [-0.3, -0.25) is 0 Å². The summed E-state index contributed by atoms with van der Waals surface area (Å²) in [6.07, 6.45) is 1.86. The summed E-state index contributed by atoms with van der Waals surface area (Å²) in [5, 5.41) is 0. The first kappa shape index (κ1) is 15.9. The molecular formula is C15H25FN2O. The molecule has 1 aromatic rings. The molecule has 0 saturated carbocycles. The lowest BCUT2D eigenvalue weighted by molar-refractivity contribution is 0.276. The molecular weight excluding hydrogens is 243 g/mol. The third-order valence-corrected chi connectivity index (χ3v) is 3.49. The van der Waals surface area contributed by atoms with E-state index < -0.39 is 0 Å². The third-order valence-electron chi connectivity index (χ3n) is 3.49. The number of hydrogen-bond acceptors (Lipinski definition) is 3. The Labute approximate surface area is 115 Å². The highest BCUT2D eigenvalue weighted by atomic mass is 19.1.